The third kappa shape index (κ3) is 8.41. The average molecular weight is 720 g/mol. The van der Waals surface area contributed by atoms with E-state index in [1.165, 1.54) is 18.2 Å². The van der Waals surface area contributed by atoms with Gasteiger partial charge in [0.15, 0.2) is 0 Å². The molecule has 0 aliphatic carbocycles. The minimum absolute atomic E-state index is 0.147. The summed E-state index contributed by atoms with van der Waals surface area (Å²) in [5.74, 6) is -9.14. The highest BCUT2D eigenvalue weighted by Gasteiger charge is 2.37. The van der Waals surface area contributed by atoms with Crippen molar-refractivity contribution >= 4 is 39.3 Å². The van der Waals surface area contributed by atoms with E-state index in [0.29, 0.717) is 16.7 Å². The highest BCUT2D eigenvalue weighted by atomic mass is 19.1. The molecule has 0 saturated heterocycles. The van der Waals surface area contributed by atoms with Crippen LogP contribution in [0, 0.1) is 17.5 Å². The lowest BCUT2D eigenvalue weighted by molar-refractivity contribution is 0.0677. The maximum Gasteiger partial charge on any atom is 0.523 e. The molecule has 15 nitrogen and oxygen atoms in total. The van der Waals surface area contributed by atoms with Crippen molar-refractivity contribution in [3.05, 3.63) is 87.2 Å². The highest BCUT2D eigenvalue weighted by molar-refractivity contribution is 6.45. The van der Waals surface area contributed by atoms with Gasteiger partial charge < -0.3 is 59.7 Å². The molecule has 51 heavy (non-hydrogen) atoms. The van der Waals surface area contributed by atoms with E-state index in [9.17, 15) is 42.6 Å². The Balaban J connectivity index is 0.000000172. The van der Waals surface area contributed by atoms with Crippen LogP contribution in [0.25, 0.3) is 0 Å². The maximum atomic E-state index is 13.4. The van der Waals surface area contributed by atoms with Crippen LogP contribution in [-0.4, -0.2) is 105 Å². The van der Waals surface area contributed by atoms with Crippen molar-refractivity contribution in [1.82, 2.24) is 0 Å². The van der Waals surface area contributed by atoms with Crippen LogP contribution >= 0.6 is 0 Å². The molecule has 6 rings (SSSR count). The van der Waals surface area contributed by atoms with E-state index >= 15 is 0 Å². The second-order valence-electron chi connectivity index (χ2n) is 11.5. The molecular weight excluding hydrogens is 690 g/mol. The number of aliphatic hydroxyl groups excluding tert-OH is 3. The second kappa shape index (κ2) is 16.5. The van der Waals surface area contributed by atoms with Gasteiger partial charge in [-0.2, -0.15) is 0 Å². The number of hydrogen-bond donors (Lipinski definition) is 9. The van der Waals surface area contributed by atoms with Crippen LogP contribution in [0.4, 0.5) is 13.2 Å². The molecule has 270 valence electrons. The van der Waals surface area contributed by atoms with Crippen LogP contribution in [0.1, 0.15) is 65.5 Å². The molecule has 0 amide bonds. The van der Waals surface area contributed by atoms with Crippen molar-refractivity contribution in [2.75, 3.05) is 19.8 Å². The summed E-state index contributed by atoms with van der Waals surface area (Å²) in [5.41, 5.74) is -0.635. The maximum absolute atomic E-state index is 13.4. The molecule has 3 aliphatic rings. The number of benzene rings is 3. The van der Waals surface area contributed by atoms with E-state index in [0.717, 1.165) is 18.2 Å². The lowest BCUT2D eigenvalue weighted by atomic mass is 9.72. The van der Waals surface area contributed by atoms with Gasteiger partial charge in [-0.1, -0.05) is 18.2 Å². The molecule has 9 N–H and O–H groups in total. The summed E-state index contributed by atoms with van der Waals surface area (Å²) in [6.07, 6.45) is 0.441. The van der Waals surface area contributed by atoms with Gasteiger partial charge in [-0.05, 0) is 34.9 Å². The number of hydrogen-bond acceptors (Lipinski definition) is 12. The lowest BCUT2D eigenvalue weighted by Gasteiger charge is -2.27. The van der Waals surface area contributed by atoms with Gasteiger partial charge in [-0.3, -0.25) is 0 Å². The van der Waals surface area contributed by atoms with Gasteiger partial charge in [-0.25, -0.2) is 27.6 Å². The molecule has 3 aliphatic heterocycles. The zero-order chi connectivity index (χ0) is 37.7. The third-order valence-corrected chi connectivity index (χ3v) is 8.25. The fourth-order valence-electron chi connectivity index (χ4n) is 5.85. The number of aromatic carboxylic acids is 3. The Bertz CT molecular complexity index is 1600. The van der Waals surface area contributed by atoms with Gasteiger partial charge in [0, 0.05) is 56.5 Å². The zero-order valence-electron chi connectivity index (χ0n) is 26.3. The molecule has 0 fully saturated rings. The van der Waals surface area contributed by atoms with Crippen LogP contribution < -0.4 is 14.0 Å². The van der Waals surface area contributed by atoms with Gasteiger partial charge in [0.1, 0.15) is 51.4 Å². The van der Waals surface area contributed by atoms with Crippen molar-refractivity contribution < 1.29 is 87.2 Å². The molecule has 3 aromatic carbocycles. The Morgan fingerprint density at radius 1 is 0.529 bits per heavy atom. The fraction of sp³-hybridized carbons (Fsp3) is 0.300. The van der Waals surface area contributed by atoms with Crippen LogP contribution in [0.3, 0.4) is 0 Å². The summed E-state index contributed by atoms with van der Waals surface area (Å²) in [4.78, 5) is 32.8. The topological polar surface area (TPSA) is 261 Å². The lowest BCUT2D eigenvalue weighted by Crippen LogP contribution is -2.32. The number of carboxylic acid groups (broad SMARTS) is 3. The minimum Gasteiger partial charge on any atom is -0.535 e. The van der Waals surface area contributed by atoms with Crippen molar-refractivity contribution in [2.24, 2.45) is 0 Å². The summed E-state index contributed by atoms with van der Waals surface area (Å²) < 4.78 is 55.0. The van der Waals surface area contributed by atoms with E-state index in [4.69, 9.17) is 44.6 Å². The van der Waals surface area contributed by atoms with E-state index in [2.05, 4.69) is 0 Å². The van der Waals surface area contributed by atoms with Gasteiger partial charge in [0.25, 0.3) is 0 Å². The number of carboxylic acids is 3. The second-order valence-corrected chi connectivity index (χ2v) is 11.5. The van der Waals surface area contributed by atoms with Gasteiger partial charge >= 0.3 is 39.3 Å². The Labute approximate surface area is 287 Å². The van der Waals surface area contributed by atoms with Crippen molar-refractivity contribution in [2.45, 2.75) is 36.7 Å². The molecule has 3 atom stereocenters. The van der Waals surface area contributed by atoms with E-state index in [1.807, 2.05) is 0 Å². The first-order valence-corrected chi connectivity index (χ1v) is 15.2. The predicted octanol–water partition coefficient (Wildman–Crippen LogP) is 1.42. The SMILES string of the molecule is O=C(O)c1c(F)ccc2c1OB(O)CC2CO.O=C(O)c1c(F)ccc2c1OB(O)C[C@@H]2CO.O=C(O)c1c(F)ccc2c1OB(O)C[C@H]2CO. The Morgan fingerprint density at radius 3 is 0.961 bits per heavy atom. The van der Waals surface area contributed by atoms with E-state index < -0.39 is 91.2 Å². The standard InChI is InChI=1S/3C10H10BFO5/c3*12-7-2-1-6-5(4-13)3-11(16)17-9(6)8(7)10(14)15/h3*1-2,5,13,16H,3-4H2,(H,14,15)/t2*5-;/m10./s1. The number of carbonyl (C=O) groups is 3. The van der Waals surface area contributed by atoms with Crippen molar-refractivity contribution in [3.63, 3.8) is 0 Å². The van der Waals surface area contributed by atoms with Crippen molar-refractivity contribution in [1.29, 1.82) is 0 Å². The van der Waals surface area contributed by atoms with Gasteiger partial charge in [0.2, 0.25) is 0 Å². The smallest absolute Gasteiger partial charge is 0.523 e. The monoisotopic (exact) mass is 720 g/mol. The summed E-state index contributed by atoms with van der Waals surface area (Å²) in [6.45, 7) is -0.797. The summed E-state index contributed by atoms with van der Waals surface area (Å²) >= 11 is 0. The molecule has 0 radical (unpaired) electrons. The predicted molar refractivity (Wildman–Crippen MR) is 170 cm³/mol. The third-order valence-electron chi connectivity index (χ3n) is 8.25. The summed E-state index contributed by atoms with van der Waals surface area (Å²) in [7, 11) is -3.71. The van der Waals surface area contributed by atoms with Crippen molar-refractivity contribution in [3.8, 4) is 17.2 Å². The first-order chi connectivity index (χ1) is 24.1. The number of rotatable bonds is 6. The Kier molecular flexibility index (Phi) is 12.6. The average Bonchev–Trinajstić information content (AvgIpc) is 3.06. The first-order valence-electron chi connectivity index (χ1n) is 15.2. The van der Waals surface area contributed by atoms with Crippen LogP contribution in [-0.2, 0) is 0 Å². The van der Waals surface area contributed by atoms with Crippen LogP contribution in [0.15, 0.2) is 36.4 Å². The van der Waals surface area contributed by atoms with E-state index in [1.54, 1.807) is 0 Å². The molecule has 0 saturated carbocycles. The summed E-state index contributed by atoms with van der Waals surface area (Å²) in [5, 5.41) is 82.4. The fourth-order valence-corrected chi connectivity index (χ4v) is 5.85. The normalized spacial score (nSPS) is 18.5. The molecule has 1 unspecified atom stereocenters. The molecule has 0 spiro atoms. The first kappa shape index (κ1) is 39.0. The molecule has 21 heteroatoms. The van der Waals surface area contributed by atoms with E-state index in [-0.39, 0.29) is 56.0 Å². The molecule has 0 bridgehead atoms. The summed E-state index contributed by atoms with van der Waals surface area (Å²) in [6, 6.07) is 7.15. The van der Waals surface area contributed by atoms with Gasteiger partial charge in [0.05, 0.1) is 0 Å². The molecular formula is C30H30B3F3O15. The minimum atomic E-state index is -1.47. The van der Waals surface area contributed by atoms with Crippen LogP contribution in [0.5, 0.6) is 17.2 Å². The number of aliphatic hydroxyl groups is 3. The molecule has 0 aromatic heterocycles. The quantitative estimate of drug-likeness (QED) is 0.163. The number of halogens is 3. The largest absolute Gasteiger partial charge is 0.535 e. The highest BCUT2D eigenvalue weighted by Crippen LogP contribution is 2.41. The van der Waals surface area contributed by atoms with Crippen LogP contribution in [0.2, 0.25) is 19.0 Å². The Morgan fingerprint density at radius 2 is 0.765 bits per heavy atom. The molecule has 3 heterocycles. The molecule has 3 aromatic rings. The van der Waals surface area contributed by atoms with Gasteiger partial charge in [-0.15, -0.1) is 0 Å². The zero-order valence-corrected chi connectivity index (χ0v) is 26.3. The Hall–Kier alpha value is -4.79. The number of fused-ring (bicyclic) bond motifs is 3.